The summed E-state index contributed by atoms with van der Waals surface area (Å²) < 4.78 is 6.65. The Hall–Kier alpha value is -2.90. The molecule has 8 heteroatoms. The summed E-state index contributed by atoms with van der Waals surface area (Å²) in [6.07, 6.45) is 9.09. The molecule has 4 aliphatic rings. The van der Waals surface area contributed by atoms with Gasteiger partial charge in [-0.25, -0.2) is 9.59 Å². The predicted octanol–water partition coefficient (Wildman–Crippen LogP) is 3.60. The highest BCUT2D eigenvalue weighted by Crippen LogP contribution is 2.61. The number of amides is 1. The lowest BCUT2D eigenvalue weighted by molar-refractivity contribution is -0.139. The summed E-state index contributed by atoms with van der Waals surface area (Å²) in [6, 6.07) is -1.06. The van der Waals surface area contributed by atoms with Crippen molar-refractivity contribution < 1.29 is 29.6 Å². The first-order valence-electron chi connectivity index (χ1n) is 10.8. The van der Waals surface area contributed by atoms with Crippen molar-refractivity contribution in [2.24, 2.45) is 11.8 Å². The smallest absolute Gasteiger partial charge is 0.408 e. The summed E-state index contributed by atoms with van der Waals surface area (Å²) in [6.45, 7) is 5.50. The van der Waals surface area contributed by atoms with Crippen molar-refractivity contribution in [1.29, 1.82) is 0 Å². The molecule has 0 spiro atoms. The van der Waals surface area contributed by atoms with E-state index in [0.717, 1.165) is 11.1 Å². The topological polar surface area (TPSA) is 121 Å². The van der Waals surface area contributed by atoms with Crippen molar-refractivity contribution in [2.45, 2.75) is 70.1 Å². The fraction of sp³-hybridized carbons (Fsp3) is 0.565. The first-order chi connectivity index (χ1) is 14.6. The number of nitrogens with one attached hydrogen (secondary N) is 1. The second-order valence-electron chi connectivity index (χ2n) is 9.64. The van der Waals surface area contributed by atoms with E-state index in [1.807, 2.05) is 0 Å². The molecule has 5 rings (SSSR count). The van der Waals surface area contributed by atoms with Crippen LogP contribution in [0.25, 0.3) is 0 Å². The number of rotatable bonds is 7. The molecule has 0 saturated carbocycles. The van der Waals surface area contributed by atoms with Crippen LogP contribution >= 0.6 is 0 Å². The van der Waals surface area contributed by atoms with Crippen LogP contribution in [0.5, 0.6) is 11.8 Å². The quantitative estimate of drug-likeness (QED) is 0.387. The lowest BCUT2D eigenvalue weighted by Crippen LogP contribution is -2.43. The van der Waals surface area contributed by atoms with Gasteiger partial charge in [-0.3, -0.25) is 4.57 Å². The number of ether oxygens (including phenoxy) is 1. The molecule has 0 radical (unpaired) electrons. The summed E-state index contributed by atoms with van der Waals surface area (Å²) in [7, 11) is 0. The van der Waals surface area contributed by atoms with E-state index < -0.39 is 23.7 Å². The Kier molecular flexibility index (Phi) is 5.27. The van der Waals surface area contributed by atoms with Crippen molar-refractivity contribution in [3.05, 3.63) is 35.4 Å². The van der Waals surface area contributed by atoms with Crippen LogP contribution in [0, 0.1) is 11.8 Å². The second-order valence-corrected chi connectivity index (χ2v) is 9.64. The van der Waals surface area contributed by atoms with Crippen molar-refractivity contribution in [3.63, 3.8) is 0 Å². The van der Waals surface area contributed by atoms with Crippen molar-refractivity contribution in [2.75, 3.05) is 0 Å². The normalized spacial score (nSPS) is 26.0. The number of alkyl carbamates (subject to hydrolysis) is 1. The number of unbranched alkanes of at least 4 members (excludes halogenated alkanes) is 1. The molecule has 31 heavy (non-hydrogen) atoms. The summed E-state index contributed by atoms with van der Waals surface area (Å²) in [5.74, 6) is 0.0454. The Morgan fingerprint density at radius 3 is 2.03 bits per heavy atom. The molecule has 1 aromatic rings. The van der Waals surface area contributed by atoms with Gasteiger partial charge in [0.15, 0.2) is 11.8 Å². The zero-order valence-corrected chi connectivity index (χ0v) is 18.0. The Balaban J connectivity index is 1.36. The van der Waals surface area contributed by atoms with E-state index in [0.29, 0.717) is 31.2 Å². The lowest BCUT2D eigenvalue weighted by atomic mass is 9.56. The maximum Gasteiger partial charge on any atom is 0.408 e. The first kappa shape index (κ1) is 21.3. The van der Waals surface area contributed by atoms with Crippen LogP contribution in [0.4, 0.5) is 4.79 Å². The molecule has 1 aromatic heterocycles. The molecule has 5 atom stereocenters. The molecule has 4 aliphatic carbocycles. The molecule has 4 N–H and O–H groups in total. The SMILES string of the molecule is CC(C)(C)OC(=O)NC(CCCCn1c(O)c2c(c1O)C1C=CC2C2C=CC12)C(=O)O. The molecular weight excluding hydrogens is 400 g/mol. The minimum Gasteiger partial charge on any atom is -0.494 e. The molecule has 168 valence electrons. The molecule has 5 unspecified atom stereocenters. The molecule has 1 amide bonds. The highest BCUT2D eigenvalue weighted by atomic mass is 16.6. The van der Waals surface area contributed by atoms with E-state index in [4.69, 9.17) is 4.74 Å². The molecule has 1 heterocycles. The molecule has 0 saturated heterocycles. The summed E-state index contributed by atoms with van der Waals surface area (Å²) in [5.41, 5.74) is 0.940. The number of aromatic hydroxyl groups is 2. The van der Waals surface area contributed by atoms with Gasteiger partial charge in [-0.05, 0) is 51.9 Å². The molecule has 0 fully saturated rings. The standard InChI is InChI=1S/C23H30N2O6/c1-23(2,3)31-22(30)24-16(21(28)29)6-4-5-11-25-19(26)17-14-9-10-15(18(17)20(25)27)13-8-7-12(13)14/h7-10,12-16,26-27H,4-6,11H2,1-3H3,(H,24,30)(H,28,29). The third-order valence-corrected chi connectivity index (χ3v) is 6.42. The number of carbonyl (C=O) groups excluding carboxylic acids is 1. The Morgan fingerprint density at radius 1 is 1.03 bits per heavy atom. The number of aromatic nitrogens is 1. The molecule has 0 aromatic carbocycles. The maximum absolute atomic E-state index is 11.9. The molecule has 8 nitrogen and oxygen atoms in total. The van der Waals surface area contributed by atoms with Crippen molar-refractivity contribution in [3.8, 4) is 11.8 Å². The van der Waals surface area contributed by atoms with Gasteiger partial charge in [0.25, 0.3) is 0 Å². The van der Waals surface area contributed by atoms with E-state index in [9.17, 15) is 24.9 Å². The van der Waals surface area contributed by atoms with E-state index in [-0.39, 0.29) is 30.0 Å². The van der Waals surface area contributed by atoms with E-state index in [2.05, 4.69) is 29.6 Å². The Morgan fingerprint density at radius 2 is 1.58 bits per heavy atom. The highest BCUT2D eigenvalue weighted by molar-refractivity contribution is 5.79. The number of hydrogen-bond acceptors (Lipinski definition) is 5. The number of carboxylic acid groups (broad SMARTS) is 1. The van der Waals surface area contributed by atoms with Gasteiger partial charge < -0.3 is 25.4 Å². The highest BCUT2D eigenvalue weighted by Gasteiger charge is 2.49. The van der Waals surface area contributed by atoms with Crippen LogP contribution in [-0.2, 0) is 16.1 Å². The number of aliphatic carboxylic acids is 1. The zero-order chi connectivity index (χ0) is 22.5. The van der Waals surface area contributed by atoms with Crippen molar-refractivity contribution in [1.82, 2.24) is 9.88 Å². The largest absolute Gasteiger partial charge is 0.494 e. The van der Waals surface area contributed by atoms with E-state index in [1.54, 1.807) is 20.8 Å². The van der Waals surface area contributed by atoms with Gasteiger partial charge in [-0.15, -0.1) is 0 Å². The van der Waals surface area contributed by atoms with Crippen molar-refractivity contribution >= 4 is 12.1 Å². The third-order valence-electron chi connectivity index (χ3n) is 6.42. The minimum absolute atomic E-state index is 0.0940. The lowest BCUT2D eigenvalue weighted by Gasteiger charge is -2.47. The van der Waals surface area contributed by atoms with E-state index >= 15 is 0 Å². The summed E-state index contributed by atoms with van der Waals surface area (Å²) in [5, 5.41) is 33.4. The van der Waals surface area contributed by atoms with Gasteiger partial charge in [-0.1, -0.05) is 24.3 Å². The fourth-order valence-electron chi connectivity index (χ4n) is 4.99. The van der Waals surface area contributed by atoms with Crippen LogP contribution in [0.1, 0.15) is 63.0 Å². The molecular formula is C23H30N2O6. The number of carbonyl (C=O) groups is 2. The van der Waals surface area contributed by atoms with Gasteiger partial charge in [0, 0.05) is 29.5 Å². The zero-order valence-electron chi connectivity index (χ0n) is 18.0. The maximum atomic E-state index is 11.9. The minimum atomic E-state index is -1.13. The average Bonchev–Trinajstić information content (AvgIpc) is 2.88. The van der Waals surface area contributed by atoms with E-state index in [1.165, 1.54) is 4.57 Å². The van der Waals surface area contributed by atoms with Crippen LogP contribution in [-0.4, -0.2) is 43.6 Å². The van der Waals surface area contributed by atoms with Crippen LogP contribution in [0.2, 0.25) is 0 Å². The van der Waals surface area contributed by atoms with Crippen LogP contribution < -0.4 is 5.32 Å². The van der Waals surface area contributed by atoms with Gasteiger partial charge in [0.1, 0.15) is 11.6 Å². The van der Waals surface area contributed by atoms with Gasteiger partial charge in [-0.2, -0.15) is 0 Å². The van der Waals surface area contributed by atoms with Crippen LogP contribution in [0.3, 0.4) is 0 Å². The monoisotopic (exact) mass is 430 g/mol. The number of carboxylic acids is 1. The Labute approximate surface area is 181 Å². The Bertz CT molecular complexity index is 909. The fourth-order valence-corrected chi connectivity index (χ4v) is 4.99. The summed E-state index contributed by atoms with van der Waals surface area (Å²) >= 11 is 0. The number of nitrogens with zero attached hydrogens (tertiary/aromatic N) is 1. The third kappa shape index (κ3) is 3.79. The van der Waals surface area contributed by atoms with Gasteiger partial charge in [0.05, 0.1) is 0 Å². The molecule has 0 aliphatic heterocycles. The van der Waals surface area contributed by atoms with Crippen LogP contribution in [0.15, 0.2) is 24.3 Å². The average molecular weight is 431 g/mol. The summed E-state index contributed by atoms with van der Waals surface area (Å²) in [4.78, 5) is 23.4. The first-order valence-corrected chi connectivity index (χ1v) is 10.8. The predicted molar refractivity (Wildman–Crippen MR) is 113 cm³/mol. The molecule has 2 bridgehead atoms. The number of hydrogen-bond donors (Lipinski definition) is 4. The van der Waals surface area contributed by atoms with Gasteiger partial charge in [0.2, 0.25) is 0 Å². The van der Waals surface area contributed by atoms with Gasteiger partial charge >= 0.3 is 12.1 Å². The second kappa shape index (κ2) is 7.66. The number of allylic oxidation sites excluding steroid dienone is 4.